The fourth-order valence-electron chi connectivity index (χ4n) is 2.16. The van der Waals surface area contributed by atoms with Crippen LogP contribution in [0.25, 0.3) is 0 Å². The lowest BCUT2D eigenvalue weighted by molar-refractivity contribution is -0.132. The van der Waals surface area contributed by atoms with Crippen molar-refractivity contribution in [3.05, 3.63) is 59.9 Å². The Kier molecular flexibility index (Phi) is 8.03. The van der Waals surface area contributed by atoms with Gasteiger partial charge in [-0.25, -0.2) is 4.39 Å². The van der Waals surface area contributed by atoms with Gasteiger partial charge in [-0.15, -0.1) is 0 Å². The first-order chi connectivity index (χ1) is 14.3. The van der Waals surface area contributed by atoms with Crippen molar-refractivity contribution in [2.75, 3.05) is 6.54 Å². The normalized spacial score (nSPS) is 11.4. The van der Waals surface area contributed by atoms with E-state index < -0.39 is 42.8 Å². The van der Waals surface area contributed by atoms with Crippen LogP contribution in [0.1, 0.15) is 17.3 Å². The van der Waals surface area contributed by atoms with Crippen molar-refractivity contribution in [3.8, 4) is 11.5 Å². The van der Waals surface area contributed by atoms with Crippen LogP contribution in [0.5, 0.6) is 11.5 Å². The first kappa shape index (κ1) is 22.5. The molecule has 0 aromatic heterocycles. The second-order valence-corrected chi connectivity index (χ2v) is 5.81. The zero-order valence-electron chi connectivity index (χ0n) is 15.7. The number of para-hydroxylation sites is 1. The number of hydrogen-bond acceptors (Lipinski definition) is 5. The van der Waals surface area contributed by atoms with Crippen LogP contribution in [0.4, 0.5) is 13.2 Å². The second kappa shape index (κ2) is 10.7. The molecule has 8 nitrogen and oxygen atoms in total. The van der Waals surface area contributed by atoms with E-state index >= 15 is 0 Å². The molecule has 0 fully saturated rings. The van der Waals surface area contributed by atoms with Gasteiger partial charge in [0.15, 0.2) is 6.10 Å². The number of hydrogen-bond donors (Lipinski definition) is 3. The molecule has 0 aliphatic carbocycles. The van der Waals surface area contributed by atoms with E-state index in [0.29, 0.717) is 0 Å². The number of carbonyl (C=O) groups excluding carboxylic acids is 3. The summed E-state index contributed by atoms with van der Waals surface area (Å²) < 4.78 is 47.2. The number of carbonyl (C=O) groups is 3. The Labute approximate surface area is 169 Å². The topological polar surface area (TPSA) is 106 Å². The molecular weight excluding hydrogens is 407 g/mol. The van der Waals surface area contributed by atoms with Gasteiger partial charge in [0.1, 0.15) is 17.3 Å². The largest absolute Gasteiger partial charge is 0.481 e. The van der Waals surface area contributed by atoms with Crippen LogP contribution < -0.4 is 25.6 Å². The summed E-state index contributed by atoms with van der Waals surface area (Å²) >= 11 is 0. The molecule has 0 saturated carbocycles. The summed E-state index contributed by atoms with van der Waals surface area (Å²) in [6, 6.07) is 10.3. The summed E-state index contributed by atoms with van der Waals surface area (Å²) in [5.74, 6) is -2.85. The lowest BCUT2D eigenvalue weighted by Gasteiger charge is -2.15. The minimum atomic E-state index is -3.11. The first-order valence-electron chi connectivity index (χ1n) is 8.59. The zero-order valence-corrected chi connectivity index (χ0v) is 15.7. The molecule has 0 aliphatic rings. The van der Waals surface area contributed by atoms with E-state index in [0.717, 1.165) is 12.1 Å². The Balaban J connectivity index is 1.78. The zero-order chi connectivity index (χ0) is 22.1. The molecule has 0 radical (unpaired) electrons. The molecule has 0 heterocycles. The standard InChI is InChI=1S/C19H18F3N3O5/c1-11(29-13-8-6-12(20)7-9-13)17(27)25-24-16(26)10-23-18(28)14-4-2-3-5-15(14)30-19(21)22/h2-9,11,19H,10H2,1H3,(H,23,28)(H,24,26)(H,25,27)/t11-/m0/s1. The van der Waals surface area contributed by atoms with E-state index in [-0.39, 0.29) is 17.1 Å². The average Bonchev–Trinajstić information content (AvgIpc) is 2.71. The molecule has 0 spiro atoms. The SMILES string of the molecule is C[C@H](Oc1ccc(F)cc1)C(=O)NNC(=O)CNC(=O)c1ccccc1OC(F)F. The fraction of sp³-hybridized carbons (Fsp3) is 0.211. The molecule has 160 valence electrons. The molecule has 3 amide bonds. The number of alkyl halides is 2. The van der Waals surface area contributed by atoms with E-state index in [2.05, 4.69) is 20.9 Å². The summed E-state index contributed by atoms with van der Waals surface area (Å²) in [5, 5.41) is 2.22. The highest BCUT2D eigenvalue weighted by Crippen LogP contribution is 2.20. The van der Waals surface area contributed by atoms with Crippen molar-refractivity contribution >= 4 is 17.7 Å². The summed E-state index contributed by atoms with van der Waals surface area (Å²) in [4.78, 5) is 35.8. The third-order valence-electron chi connectivity index (χ3n) is 3.58. The highest BCUT2D eigenvalue weighted by molar-refractivity contribution is 5.98. The third-order valence-corrected chi connectivity index (χ3v) is 3.58. The molecule has 2 aromatic carbocycles. The fourth-order valence-corrected chi connectivity index (χ4v) is 2.16. The van der Waals surface area contributed by atoms with Crippen LogP contribution in [0.15, 0.2) is 48.5 Å². The maximum absolute atomic E-state index is 12.9. The van der Waals surface area contributed by atoms with Crippen LogP contribution in [0, 0.1) is 5.82 Å². The molecule has 11 heteroatoms. The first-order valence-corrected chi connectivity index (χ1v) is 8.59. The molecule has 3 N–H and O–H groups in total. The van der Waals surface area contributed by atoms with Gasteiger partial charge >= 0.3 is 6.61 Å². The minimum Gasteiger partial charge on any atom is -0.481 e. The van der Waals surface area contributed by atoms with E-state index in [1.807, 2.05) is 0 Å². The molecule has 0 unspecified atom stereocenters. The van der Waals surface area contributed by atoms with E-state index in [9.17, 15) is 27.6 Å². The quantitative estimate of drug-likeness (QED) is 0.559. The Bertz CT molecular complexity index is 893. The summed E-state index contributed by atoms with van der Waals surface area (Å²) in [6.45, 7) is -2.25. The number of amides is 3. The maximum Gasteiger partial charge on any atom is 0.387 e. The van der Waals surface area contributed by atoms with Crippen molar-refractivity contribution in [3.63, 3.8) is 0 Å². The van der Waals surface area contributed by atoms with Crippen LogP contribution >= 0.6 is 0 Å². The van der Waals surface area contributed by atoms with Gasteiger partial charge in [0.25, 0.3) is 17.7 Å². The maximum atomic E-state index is 12.9. The highest BCUT2D eigenvalue weighted by Gasteiger charge is 2.18. The predicted octanol–water partition coefficient (Wildman–Crippen LogP) is 1.77. The molecular formula is C19H18F3N3O5. The van der Waals surface area contributed by atoms with Gasteiger partial charge in [0.05, 0.1) is 12.1 Å². The van der Waals surface area contributed by atoms with Crippen molar-refractivity contribution in [2.24, 2.45) is 0 Å². The van der Waals surface area contributed by atoms with Crippen LogP contribution in [0.3, 0.4) is 0 Å². The van der Waals surface area contributed by atoms with E-state index in [1.165, 1.54) is 43.3 Å². The van der Waals surface area contributed by atoms with Crippen LogP contribution in [0.2, 0.25) is 0 Å². The number of benzene rings is 2. The number of nitrogens with one attached hydrogen (secondary N) is 3. The molecule has 2 rings (SSSR count). The number of hydrazine groups is 1. The molecule has 0 saturated heterocycles. The molecule has 1 atom stereocenters. The molecule has 0 bridgehead atoms. The number of rotatable bonds is 8. The minimum absolute atomic E-state index is 0.184. The highest BCUT2D eigenvalue weighted by atomic mass is 19.3. The Hall–Kier alpha value is -3.76. The Morgan fingerprint density at radius 2 is 1.63 bits per heavy atom. The summed E-state index contributed by atoms with van der Waals surface area (Å²) in [6.07, 6.45) is -1.01. The van der Waals surface area contributed by atoms with Gasteiger partial charge in [-0.05, 0) is 43.3 Å². The Morgan fingerprint density at radius 3 is 2.30 bits per heavy atom. The monoisotopic (exact) mass is 425 g/mol. The summed E-state index contributed by atoms with van der Waals surface area (Å²) in [5.41, 5.74) is 3.99. The molecule has 30 heavy (non-hydrogen) atoms. The predicted molar refractivity (Wildman–Crippen MR) is 98.2 cm³/mol. The van der Waals surface area contributed by atoms with Crippen LogP contribution in [-0.4, -0.2) is 37.0 Å². The van der Waals surface area contributed by atoms with Crippen molar-refractivity contribution in [2.45, 2.75) is 19.6 Å². The van der Waals surface area contributed by atoms with E-state index in [4.69, 9.17) is 4.74 Å². The lowest BCUT2D eigenvalue weighted by Crippen LogP contribution is -2.50. The van der Waals surface area contributed by atoms with Gasteiger partial charge in [-0.1, -0.05) is 12.1 Å². The summed E-state index contributed by atoms with van der Waals surface area (Å²) in [7, 11) is 0. The smallest absolute Gasteiger partial charge is 0.387 e. The Morgan fingerprint density at radius 1 is 0.967 bits per heavy atom. The van der Waals surface area contributed by atoms with Crippen molar-refractivity contribution < 1.29 is 37.0 Å². The second-order valence-electron chi connectivity index (χ2n) is 5.81. The number of halogens is 3. The lowest BCUT2D eigenvalue weighted by atomic mass is 10.2. The van der Waals surface area contributed by atoms with Gasteiger partial charge < -0.3 is 14.8 Å². The number of ether oxygens (including phenoxy) is 2. The average molecular weight is 425 g/mol. The van der Waals surface area contributed by atoms with Gasteiger partial charge in [-0.2, -0.15) is 8.78 Å². The van der Waals surface area contributed by atoms with Gasteiger partial charge in [0.2, 0.25) is 0 Å². The van der Waals surface area contributed by atoms with Gasteiger partial charge in [-0.3, -0.25) is 25.2 Å². The van der Waals surface area contributed by atoms with Crippen LogP contribution in [-0.2, 0) is 9.59 Å². The third kappa shape index (κ3) is 7.00. The van der Waals surface area contributed by atoms with Crippen molar-refractivity contribution in [1.82, 2.24) is 16.2 Å². The van der Waals surface area contributed by atoms with Gasteiger partial charge in [0, 0.05) is 0 Å². The van der Waals surface area contributed by atoms with E-state index in [1.54, 1.807) is 0 Å². The van der Waals surface area contributed by atoms with Crippen molar-refractivity contribution in [1.29, 1.82) is 0 Å². The molecule has 2 aromatic rings. The molecule has 0 aliphatic heterocycles.